The summed E-state index contributed by atoms with van der Waals surface area (Å²) in [5.74, 6) is 0. The van der Waals surface area contributed by atoms with Crippen LogP contribution in [-0.2, 0) is 0 Å². The molecule has 1 aromatic heterocycles. The van der Waals surface area contributed by atoms with Crippen molar-refractivity contribution in [1.29, 1.82) is 0 Å². The van der Waals surface area contributed by atoms with E-state index < -0.39 is 0 Å². The van der Waals surface area contributed by atoms with Gasteiger partial charge in [0, 0.05) is 0 Å². The maximum Gasteiger partial charge on any atom is 0.0751 e. The number of anilines is 1. The van der Waals surface area contributed by atoms with Crippen LogP contribution in [0.25, 0.3) is 0 Å². The van der Waals surface area contributed by atoms with E-state index in [4.69, 9.17) is 5.73 Å². The summed E-state index contributed by atoms with van der Waals surface area (Å²) in [6, 6.07) is 0.419. The average molecular weight is 138 g/mol. The zero-order valence-electron chi connectivity index (χ0n) is 5.59. The van der Waals surface area contributed by atoms with Gasteiger partial charge in [0.1, 0.15) is 0 Å². The molecule has 10 heavy (non-hydrogen) atoms. The Morgan fingerprint density at radius 1 is 1.70 bits per heavy atom. The van der Waals surface area contributed by atoms with Gasteiger partial charge in [-0.15, -0.1) is 0 Å². The molecule has 54 valence electrons. The molecule has 4 heteroatoms. The zero-order valence-corrected chi connectivity index (χ0v) is 5.59. The van der Waals surface area contributed by atoms with Crippen LogP contribution in [0.3, 0.4) is 0 Å². The van der Waals surface area contributed by atoms with Gasteiger partial charge in [-0.1, -0.05) is 0 Å². The Labute approximate surface area is 58.8 Å². The Bertz CT molecular complexity index is 225. The van der Waals surface area contributed by atoms with E-state index in [0.29, 0.717) is 6.04 Å². The van der Waals surface area contributed by atoms with Crippen molar-refractivity contribution in [3.8, 4) is 0 Å². The van der Waals surface area contributed by atoms with Crippen molar-refractivity contribution in [3.63, 3.8) is 0 Å². The maximum atomic E-state index is 5.62. The van der Waals surface area contributed by atoms with Crippen LogP contribution >= 0.6 is 0 Å². The van der Waals surface area contributed by atoms with E-state index in [1.807, 2.05) is 0 Å². The molecule has 0 radical (unpaired) electrons. The van der Waals surface area contributed by atoms with Gasteiger partial charge in [0.15, 0.2) is 0 Å². The molecule has 1 unspecified atom stereocenters. The molecule has 2 heterocycles. The first kappa shape index (κ1) is 5.73. The minimum atomic E-state index is 0.419. The van der Waals surface area contributed by atoms with E-state index in [1.54, 1.807) is 6.20 Å². The van der Waals surface area contributed by atoms with Gasteiger partial charge in [0.05, 0.1) is 23.6 Å². The molecule has 1 fully saturated rings. The summed E-state index contributed by atoms with van der Waals surface area (Å²) < 4.78 is 0. The molecule has 1 saturated heterocycles. The van der Waals surface area contributed by atoms with Crippen LogP contribution in [0.2, 0.25) is 0 Å². The maximum absolute atomic E-state index is 5.62. The van der Waals surface area contributed by atoms with Crippen molar-refractivity contribution >= 4 is 5.69 Å². The largest absolute Gasteiger partial charge is 0.396 e. The number of aromatic nitrogens is 2. The lowest BCUT2D eigenvalue weighted by Crippen LogP contribution is -2.35. The summed E-state index contributed by atoms with van der Waals surface area (Å²) in [5.41, 5.74) is 7.41. The van der Waals surface area contributed by atoms with Crippen LogP contribution in [0.15, 0.2) is 6.20 Å². The Kier molecular flexibility index (Phi) is 1.14. The van der Waals surface area contributed by atoms with E-state index >= 15 is 0 Å². The normalized spacial score (nSPS) is 24.2. The Balaban J connectivity index is 2.23. The minimum absolute atomic E-state index is 0.419. The second kappa shape index (κ2) is 1.98. The molecule has 0 saturated carbocycles. The molecule has 0 amide bonds. The van der Waals surface area contributed by atoms with Crippen LogP contribution in [0, 0.1) is 0 Å². The van der Waals surface area contributed by atoms with E-state index in [-0.39, 0.29) is 0 Å². The predicted octanol–water partition coefficient (Wildman–Crippen LogP) is 0.0263. The van der Waals surface area contributed by atoms with Crippen molar-refractivity contribution in [2.75, 3.05) is 12.3 Å². The lowest BCUT2D eigenvalue weighted by Gasteiger charge is -2.26. The van der Waals surface area contributed by atoms with Gasteiger partial charge >= 0.3 is 0 Å². The van der Waals surface area contributed by atoms with Crippen LogP contribution in [0.1, 0.15) is 18.2 Å². The smallest absolute Gasteiger partial charge is 0.0751 e. The number of nitrogens with one attached hydrogen (secondary N) is 2. The number of nitrogen functional groups attached to an aromatic ring is 1. The summed E-state index contributed by atoms with van der Waals surface area (Å²) in [7, 11) is 0. The van der Waals surface area contributed by atoms with Gasteiger partial charge in [-0.25, -0.2) is 0 Å². The first-order chi connectivity index (χ1) is 4.88. The highest BCUT2D eigenvalue weighted by molar-refractivity contribution is 5.42. The molecule has 0 spiro atoms. The quantitative estimate of drug-likeness (QED) is 0.512. The first-order valence-corrected chi connectivity index (χ1v) is 3.40. The van der Waals surface area contributed by atoms with Gasteiger partial charge in [0.2, 0.25) is 0 Å². The fraction of sp³-hybridized carbons (Fsp3) is 0.500. The number of hydrogen-bond acceptors (Lipinski definition) is 3. The summed E-state index contributed by atoms with van der Waals surface area (Å²) in [4.78, 5) is 0. The lowest BCUT2D eigenvalue weighted by molar-refractivity contribution is 0.376. The van der Waals surface area contributed by atoms with Crippen molar-refractivity contribution in [2.45, 2.75) is 12.5 Å². The molecule has 2 rings (SSSR count). The molecular weight excluding hydrogens is 128 g/mol. The third kappa shape index (κ3) is 0.690. The standard InChI is InChI=1S/C6H10N4/c7-4-3-9-10-6(4)5-1-2-8-5/h3,5,8H,1-2,7H2,(H,9,10). The molecule has 4 nitrogen and oxygen atoms in total. The van der Waals surface area contributed by atoms with E-state index in [1.165, 1.54) is 0 Å². The third-order valence-electron chi connectivity index (χ3n) is 1.87. The number of hydrogen-bond donors (Lipinski definition) is 3. The van der Waals surface area contributed by atoms with Crippen molar-refractivity contribution < 1.29 is 0 Å². The van der Waals surface area contributed by atoms with Crippen LogP contribution in [-0.4, -0.2) is 16.7 Å². The molecule has 1 atom stereocenters. The van der Waals surface area contributed by atoms with E-state index in [9.17, 15) is 0 Å². The fourth-order valence-electron chi connectivity index (χ4n) is 1.12. The molecule has 1 aliphatic rings. The molecule has 1 aliphatic heterocycles. The summed E-state index contributed by atoms with van der Waals surface area (Å²) in [5, 5.41) is 9.94. The van der Waals surface area contributed by atoms with Gasteiger partial charge < -0.3 is 11.1 Å². The molecule has 0 aliphatic carbocycles. The molecular formula is C6H10N4. The van der Waals surface area contributed by atoms with Gasteiger partial charge in [-0.05, 0) is 13.0 Å². The van der Waals surface area contributed by atoms with Gasteiger partial charge in [-0.2, -0.15) is 5.10 Å². The topological polar surface area (TPSA) is 66.7 Å². The lowest BCUT2D eigenvalue weighted by atomic mass is 10.0. The minimum Gasteiger partial charge on any atom is -0.396 e. The highest BCUT2D eigenvalue weighted by Gasteiger charge is 2.21. The SMILES string of the molecule is Nc1cn[nH]c1C1CCN1. The van der Waals surface area contributed by atoms with Crippen molar-refractivity contribution in [1.82, 2.24) is 15.5 Å². The summed E-state index contributed by atoms with van der Waals surface area (Å²) in [6.45, 7) is 1.09. The zero-order chi connectivity index (χ0) is 6.97. The van der Waals surface area contributed by atoms with Crippen molar-refractivity contribution in [2.24, 2.45) is 0 Å². The summed E-state index contributed by atoms with van der Waals surface area (Å²) in [6.07, 6.45) is 2.81. The highest BCUT2D eigenvalue weighted by atomic mass is 15.2. The monoisotopic (exact) mass is 138 g/mol. The van der Waals surface area contributed by atoms with Gasteiger partial charge in [-0.3, -0.25) is 5.10 Å². The van der Waals surface area contributed by atoms with Crippen LogP contribution < -0.4 is 11.1 Å². The molecule has 0 aromatic carbocycles. The molecule has 0 bridgehead atoms. The van der Waals surface area contributed by atoms with Crippen molar-refractivity contribution in [3.05, 3.63) is 11.9 Å². The number of H-pyrrole nitrogens is 1. The van der Waals surface area contributed by atoms with E-state index in [2.05, 4.69) is 15.5 Å². The number of rotatable bonds is 1. The first-order valence-electron chi connectivity index (χ1n) is 3.40. The Morgan fingerprint density at radius 2 is 2.50 bits per heavy atom. The Morgan fingerprint density at radius 3 is 2.90 bits per heavy atom. The third-order valence-corrected chi connectivity index (χ3v) is 1.87. The number of nitrogens with zero attached hydrogens (tertiary/aromatic N) is 1. The van der Waals surface area contributed by atoms with Gasteiger partial charge in [0.25, 0.3) is 0 Å². The number of nitrogens with two attached hydrogens (primary N) is 1. The Hall–Kier alpha value is -1.03. The van der Waals surface area contributed by atoms with Crippen LogP contribution in [0.4, 0.5) is 5.69 Å². The molecule has 1 aromatic rings. The number of aromatic amines is 1. The van der Waals surface area contributed by atoms with E-state index in [0.717, 1.165) is 24.3 Å². The second-order valence-corrected chi connectivity index (χ2v) is 2.53. The predicted molar refractivity (Wildman–Crippen MR) is 38.4 cm³/mol. The fourth-order valence-corrected chi connectivity index (χ4v) is 1.12. The summed E-state index contributed by atoms with van der Waals surface area (Å²) >= 11 is 0. The molecule has 4 N–H and O–H groups in total. The second-order valence-electron chi connectivity index (χ2n) is 2.53. The average Bonchev–Trinajstić information content (AvgIpc) is 2.12. The van der Waals surface area contributed by atoms with Crippen LogP contribution in [0.5, 0.6) is 0 Å². The highest BCUT2D eigenvalue weighted by Crippen LogP contribution is 2.24.